The standard InChI is InChI=1S/C36H46Cl3F3N4O6.C26H32F3NO4.C16H25Cl3N2O5.2CH4/c1-20(2)26(31(48)43-21(3)32(49)46-16-8-9-28(45-46)33(50)51-19-35(37,38)39)18-30(36(40,41)42)34(6,7)15-14-24-10-11-25-12-13-27(44-29(25)17-24)22(4)52-23(5)47;1-15(2)20(24(32)33)14-23(26(27,28)29)25(5,6)12-11-18-7-8-19-9-10-21(30-22(19)13-18)16(3)34-17(4)31;1-10(8-12(22)26-15(2,3)4)13(23)21-7-5-6-11(20-21)14(24)25-9-16(17,18)19;;/h10-15,17,20-22,26,28,30,45H,8-9,16,18-19H2,1-7H3,(H,43,48);7-13,15-16,20,23H,14H2,1-6H3,(H,32,33);10-11,20H,5-9H2,1-4H3;2*1H4/b15-14+;12-11+;;;/t21-,22+,26-,28-,30-;16-,20+,23+;10-,11+;;/m011../s1. The largest absolute Gasteiger partial charge is 0.481 e. The summed E-state index contributed by atoms with van der Waals surface area (Å²) in [5.41, 5.74) is 5.77. The van der Waals surface area contributed by atoms with Gasteiger partial charge in [-0.3, -0.25) is 53.2 Å². The van der Waals surface area contributed by atoms with E-state index in [-0.39, 0.29) is 40.3 Å². The number of carboxylic acid groups (broad SMARTS) is 1. The molecule has 4 aromatic rings. The first-order valence-electron chi connectivity index (χ1n) is 36.4. The molecule has 2 saturated heterocycles. The van der Waals surface area contributed by atoms with Gasteiger partial charge in [0.2, 0.25) is 19.4 Å². The summed E-state index contributed by atoms with van der Waals surface area (Å²) in [5, 5.41) is 16.2. The van der Waals surface area contributed by atoms with E-state index in [1.165, 1.54) is 70.6 Å². The smallest absolute Gasteiger partial charge is 0.392 e. The van der Waals surface area contributed by atoms with Crippen LogP contribution in [0.15, 0.2) is 72.8 Å². The molecule has 640 valence electrons. The Bertz CT molecular complexity index is 3980. The summed E-state index contributed by atoms with van der Waals surface area (Å²) in [6, 6.07) is 15.1. The van der Waals surface area contributed by atoms with Crippen LogP contribution in [0.1, 0.15) is 212 Å². The van der Waals surface area contributed by atoms with E-state index >= 15 is 0 Å². The normalized spacial score (nSPS) is 17.4. The average Bonchev–Trinajstić information content (AvgIpc) is 0.809. The highest BCUT2D eigenvalue weighted by atomic mass is 35.6. The maximum absolute atomic E-state index is 14.8. The number of nitrogens with one attached hydrogen (secondary N) is 3. The van der Waals surface area contributed by atoms with Crippen molar-refractivity contribution in [1.82, 2.24) is 36.2 Å². The number of amides is 3. The van der Waals surface area contributed by atoms with Crippen LogP contribution in [0.5, 0.6) is 0 Å². The van der Waals surface area contributed by atoms with Crippen molar-refractivity contribution in [2.75, 3.05) is 26.3 Å². The minimum Gasteiger partial charge on any atom is -0.481 e. The minimum absolute atomic E-state index is 0. The lowest BCUT2D eigenvalue weighted by Crippen LogP contribution is -2.60. The number of ether oxygens (including phenoxy) is 5. The van der Waals surface area contributed by atoms with Crippen molar-refractivity contribution in [3.05, 3.63) is 95.3 Å². The molecule has 3 amide bonds. The van der Waals surface area contributed by atoms with E-state index in [4.69, 9.17) is 93.3 Å². The number of allylic oxidation sites excluding steroid dienone is 2. The first-order valence-corrected chi connectivity index (χ1v) is 38.7. The number of carbonyl (C=O) groups excluding carboxylic acids is 8. The Labute approximate surface area is 694 Å². The molecule has 2 aliphatic heterocycles. The molecule has 4 heterocycles. The Morgan fingerprint density at radius 1 is 0.570 bits per heavy atom. The summed E-state index contributed by atoms with van der Waals surface area (Å²) in [5.74, 6) is -12.9. The molecular weight excluding hydrogens is 1630 g/mol. The minimum atomic E-state index is -4.66. The van der Waals surface area contributed by atoms with Gasteiger partial charge in [-0.05, 0) is 138 Å². The molecule has 2 aromatic heterocycles. The van der Waals surface area contributed by atoms with E-state index in [2.05, 4.69) is 26.1 Å². The number of hydrazine groups is 2. The number of alkyl halides is 12. The van der Waals surface area contributed by atoms with Crippen molar-refractivity contribution in [2.24, 2.45) is 52.3 Å². The van der Waals surface area contributed by atoms with Gasteiger partial charge in [-0.2, -0.15) is 26.3 Å². The third-order valence-electron chi connectivity index (χ3n) is 18.5. The number of nitrogens with zero attached hydrogens (tertiary/aromatic N) is 4. The SMILES string of the molecule is C.C.CC(=O)O[C@H](C)c1ccc2ccc(/C=C/C(C)(C)[C@H](C[C@H](C(=O)N[C@@H](C)C(=O)N3CCC[C@@H](C(=O)OCC(Cl)(Cl)Cl)N3)C(C)C)C(F)(F)F)cc2n1.CC(=O)O[C@H](C)c1ccc2ccc(/C=C/C(C)(C)[C@H](C[C@H](C(=O)O)C(C)C)C(F)(F)F)cc2n1.C[C@H](CC(=O)OC(C)(C)C)C(=O)N1CCC[C@@H](C(=O)OCC(Cl)(Cl)Cl)N1. The van der Waals surface area contributed by atoms with E-state index in [1.807, 2.05) is 18.2 Å². The number of benzene rings is 2. The lowest BCUT2D eigenvalue weighted by molar-refractivity contribution is -0.203. The average molecular weight is 1740 g/mol. The van der Waals surface area contributed by atoms with E-state index in [0.29, 0.717) is 65.8 Å². The number of carboxylic acids is 1. The first-order chi connectivity index (χ1) is 51.4. The van der Waals surface area contributed by atoms with Gasteiger partial charge in [0, 0.05) is 49.5 Å². The van der Waals surface area contributed by atoms with Gasteiger partial charge in [-0.15, -0.1) is 0 Å². The van der Waals surface area contributed by atoms with Crippen LogP contribution in [-0.2, 0) is 66.8 Å². The van der Waals surface area contributed by atoms with Gasteiger partial charge < -0.3 is 34.1 Å². The number of pyridine rings is 2. The predicted molar refractivity (Wildman–Crippen MR) is 431 cm³/mol. The van der Waals surface area contributed by atoms with Gasteiger partial charge >= 0.3 is 48.2 Å². The van der Waals surface area contributed by atoms with Crippen LogP contribution in [0.2, 0.25) is 0 Å². The monoisotopic (exact) mass is 1730 g/mol. The molecule has 0 radical (unpaired) electrons. The maximum atomic E-state index is 14.8. The first kappa shape index (κ1) is 103. The summed E-state index contributed by atoms with van der Waals surface area (Å²) in [7, 11) is 0. The second-order valence-electron chi connectivity index (χ2n) is 30.9. The van der Waals surface area contributed by atoms with Crippen molar-refractivity contribution < 1.29 is 98.3 Å². The van der Waals surface area contributed by atoms with Crippen LogP contribution in [0.3, 0.4) is 0 Å². The Kier molecular flexibility index (Phi) is 40.0. The molecule has 22 nitrogen and oxygen atoms in total. The van der Waals surface area contributed by atoms with Crippen molar-refractivity contribution in [2.45, 2.75) is 233 Å². The molecule has 2 aliphatic rings. The topological polar surface area (TPSA) is 288 Å². The highest BCUT2D eigenvalue weighted by molar-refractivity contribution is 6.68. The highest BCUT2D eigenvalue weighted by Crippen LogP contribution is 2.48. The number of esters is 5. The highest BCUT2D eigenvalue weighted by Gasteiger charge is 2.51. The van der Waals surface area contributed by atoms with Crippen LogP contribution < -0.4 is 16.2 Å². The quantitative estimate of drug-likeness (QED) is 0.0187. The molecule has 0 spiro atoms. The molecule has 114 heavy (non-hydrogen) atoms. The Balaban J connectivity index is 0.000000615. The fraction of sp³-hybridized carbons (Fsp3) is 0.613. The van der Waals surface area contributed by atoms with Crippen LogP contribution >= 0.6 is 69.6 Å². The van der Waals surface area contributed by atoms with Gasteiger partial charge in [-0.25, -0.2) is 20.8 Å². The van der Waals surface area contributed by atoms with Crippen LogP contribution in [-0.4, -0.2) is 149 Å². The van der Waals surface area contributed by atoms with Crippen molar-refractivity contribution in [1.29, 1.82) is 0 Å². The number of fused-ring (bicyclic) bond motifs is 2. The number of halogens is 12. The van der Waals surface area contributed by atoms with E-state index < -0.39 is 175 Å². The summed E-state index contributed by atoms with van der Waals surface area (Å²) in [6.07, 6.45) is -3.35. The molecule has 2 aromatic carbocycles. The third-order valence-corrected chi connectivity index (χ3v) is 19.2. The number of hydrogen-bond acceptors (Lipinski definition) is 18. The van der Waals surface area contributed by atoms with Crippen molar-refractivity contribution in [3.8, 4) is 0 Å². The Hall–Kier alpha value is -6.79. The Morgan fingerprint density at radius 3 is 1.28 bits per heavy atom. The van der Waals surface area contributed by atoms with Gasteiger partial charge in [0.1, 0.15) is 49.1 Å². The summed E-state index contributed by atoms with van der Waals surface area (Å²) in [4.78, 5) is 119. The lowest BCUT2D eigenvalue weighted by atomic mass is 9.71. The molecule has 6 rings (SSSR count). The van der Waals surface area contributed by atoms with Gasteiger partial charge in [0.15, 0.2) is 0 Å². The van der Waals surface area contributed by atoms with Gasteiger partial charge in [0.05, 0.1) is 46.6 Å². The van der Waals surface area contributed by atoms with Crippen molar-refractivity contribution >= 4 is 157 Å². The maximum Gasteiger partial charge on any atom is 0.392 e. The molecule has 0 saturated carbocycles. The summed E-state index contributed by atoms with van der Waals surface area (Å²) < 4.78 is 108. The molecule has 34 heteroatoms. The molecular formula is C80H111Cl6F6N7O15. The molecule has 0 bridgehead atoms. The van der Waals surface area contributed by atoms with E-state index in [0.717, 1.165) is 10.8 Å². The number of aliphatic carboxylic acids is 1. The zero-order chi connectivity index (χ0) is 85.1. The number of carbonyl (C=O) groups is 9. The van der Waals surface area contributed by atoms with Crippen LogP contribution in [0, 0.1) is 52.3 Å². The zero-order valence-electron chi connectivity index (χ0n) is 65.8. The van der Waals surface area contributed by atoms with Gasteiger partial charge in [0.25, 0.3) is 5.91 Å². The van der Waals surface area contributed by atoms with Crippen LogP contribution in [0.25, 0.3) is 34.0 Å². The molecule has 2 fully saturated rings. The molecule has 4 N–H and O–H groups in total. The van der Waals surface area contributed by atoms with Gasteiger partial charge in [-0.1, -0.05) is 207 Å². The third kappa shape index (κ3) is 34.4. The molecule has 0 aliphatic carbocycles. The summed E-state index contributed by atoms with van der Waals surface area (Å²) in [6.45, 7) is 26.6. The fourth-order valence-corrected chi connectivity index (χ4v) is 12.7. The second-order valence-corrected chi connectivity index (χ2v) is 35.9. The number of aromatic nitrogens is 2. The predicted octanol–water partition coefficient (Wildman–Crippen LogP) is 18.5. The zero-order valence-corrected chi connectivity index (χ0v) is 70.3. The summed E-state index contributed by atoms with van der Waals surface area (Å²) >= 11 is 33.6. The Morgan fingerprint density at radius 2 is 0.939 bits per heavy atom. The molecule has 10 atom stereocenters. The molecule has 0 unspecified atom stereocenters. The lowest BCUT2D eigenvalue weighted by Gasteiger charge is -2.37. The number of hydrogen-bond donors (Lipinski definition) is 4. The fourth-order valence-electron chi connectivity index (χ4n) is 12.3. The van der Waals surface area contributed by atoms with Crippen LogP contribution in [0.4, 0.5) is 26.3 Å². The van der Waals surface area contributed by atoms with E-state index in [9.17, 15) is 74.6 Å². The number of rotatable bonds is 27. The second kappa shape index (κ2) is 44.1. The van der Waals surface area contributed by atoms with Crippen molar-refractivity contribution in [3.63, 3.8) is 0 Å². The van der Waals surface area contributed by atoms with E-state index in [1.54, 1.807) is 124 Å².